The topological polar surface area (TPSA) is 79.0 Å². The standard InChI is InChI=1S/C16H25F2N3O4.ClH/c1-3-25-15(24)11-4-6-21(7-5-11)13(22)9-20(2)14(23)12-8-16(17,18)10-19-12;/h11-12,19H,3-10H2,1-2H3;1H. The Kier molecular flexibility index (Phi) is 8.20. The van der Waals surface area contributed by atoms with Gasteiger partial charge in [-0.1, -0.05) is 0 Å². The number of likely N-dealkylation sites (tertiary alicyclic amines) is 1. The second kappa shape index (κ2) is 9.45. The zero-order valence-corrected chi connectivity index (χ0v) is 15.8. The van der Waals surface area contributed by atoms with Gasteiger partial charge in [-0.2, -0.15) is 0 Å². The fraction of sp³-hybridized carbons (Fsp3) is 0.812. The van der Waals surface area contributed by atoms with Crippen molar-refractivity contribution in [2.75, 3.05) is 39.8 Å². The molecule has 2 rings (SSSR count). The summed E-state index contributed by atoms with van der Waals surface area (Å²) >= 11 is 0. The molecular formula is C16H26ClF2N3O4. The minimum Gasteiger partial charge on any atom is -0.466 e. The van der Waals surface area contributed by atoms with Crippen LogP contribution in [0.4, 0.5) is 8.78 Å². The number of carbonyl (C=O) groups is 3. The summed E-state index contributed by atoms with van der Waals surface area (Å²) in [5, 5.41) is 2.49. The third kappa shape index (κ3) is 5.77. The Labute approximate surface area is 157 Å². The minimum atomic E-state index is -2.89. The van der Waals surface area contributed by atoms with E-state index in [1.54, 1.807) is 11.8 Å². The van der Waals surface area contributed by atoms with E-state index in [9.17, 15) is 23.2 Å². The Morgan fingerprint density at radius 1 is 1.27 bits per heavy atom. The van der Waals surface area contributed by atoms with Crippen molar-refractivity contribution in [3.05, 3.63) is 0 Å². The number of esters is 1. The molecule has 0 spiro atoms. The summed E-state index contributed by atoms with van der Waals surface area (Å²) in [5.41, 5.74) is 0. The summed E-state index contributed by atoms with van der Waals surface area (Å²) in [5.74, 6) is -4.08. The number of likely N-dealkylation sites (N-methyl/N-ethyl adjacent to an activating group) is 1. The van der Waals surface area contributed by atoms with Gasteiger partial charge in [-0.15, -0.1) is 12.4 Å². The average Bonchev–Trinajstić information content (AvgIpc) is 2.94. The molecule has 2 heterocycles. The molecule has 0 aromatic carbocycles. The van der Waals surface area contributed by atoms with Crippen molar-refractivity contribution in [1.82, 2.24) is 15.1 Å². The number of amides is 2. The molecule has 10 heteroatoms. The molecule has 0 bridgehead atoms. The number of nitrogens with one attached hydrogen (secondary N) is 1. The number of alkyl halides is 2. The van der Waals surface area contributed by atoms with Gasteiger partial charge in [0.2, 0.25) is 11.8 Å². The maximum Gasteiger partial charge on any atom is 0.309 e. The van der Waals surface area contributed by atoms with Crippen molar-refractivity contribution < 1.29 is 27.9 Å². The zero-order valence-electron chi connectivity index (χ0n) is 15.0. The molecule has 26 heavy (non-hydrogen) atoms. The molecule has 0 aromatic rings. The van der Waals surface area contributed by atoms with Gasteiger partial charge in [0.15, 0.2) is 0 Å². The van der Waals surface area contributed by atoms with E-state index in [4.69, 9.17) is 4.74 Å². The first-order valence-electron chi connectivity index (χ1n) is 8.54. The second-order valence-corrected chi connectivity index (χ2v) is 6.59. The van der Waals surface area contributed by atoms with Crippen molar-refractivity contribution in [1.29, 1.82) is 0 Å². The molecule has 0 saturated carbocycles. The van der Waals surface area contributed by atoms with Gasteiger partial charge in [-0.05, 0) is 19.8 Å². The number of rotatable bonds is 5. The van der Waals surface area contributed by atoms with Crippen molar-refractivity contribution in [2.24, 2.45) is 5.92 Å². The van der Waals surface area contributed by atoms with Gasteiger partial charge < -0.3 is 14.5 Å². The fourth-order valence-corrected chi connectivity index (χ4v) is 3.16. The lowest BCUT2D eigenvalue weighted by Gasteiger charge is -2.32. The van der Waals surface area contributed by atoms with Gasteiger partial charge in [-0.25, -0.2) is 8.78 Å². The lowest BCUT2D eigenvalue weighted by Crippen LogP contribution is -2.48. The maximum absolute atomic E-state index is 13.2. The molecule has 2 aliphatic rings. The predicted molar refractivity (Wildman–Crippen MR) is 92.2 cm³/mol. The van der Waals surface area contributed by atoms with Crippen LogP contribution in [0.25, 0.3) is 0 Å². The summed E-state index contributed by atoms with van der Waals surface area (Å²) < 4.78 is 31.3. The van der Waals surface area contributed by atoms with E-state index in [2.05, 4.69) is 5.32 Å². The molecule has 2 aliphatic heterocycles. The van der Waals surface area contributed by atoms with Gasteiger partial charge >= 0.3 is 5.97 Å². The van der Waals surface area contributed by atoms with E-state index in [1.165, 1.54) is 11.9 Å². The van der Waals surface area contributed by atoms with Gasteiger partial charge in [0.1, 0.15) is 0 Å². The predicted octanol–water partition coefficient (Wildman–Crippen LogP) is 0.666. The zero-order chi connectivity index (χ0) is 18.6. The van der Waals surface area contributed by atoms with E-state index in [-0.39, 0.29) is 36.7 Å². The Morgan fingerprint density at radius 3 is 2.38 bits per heavy atom. The lowest BCUT2D eigenvalue weighted by molar-refractivity contribution is -0.151. The Hall–Kier alpha value is -1.48. The highest BCUT2D eigenvalue weighted by atomic mass is 35.5. The summed E-state index contributed by atoms with van der Waals surface area (Å²) in [6.45, 7) is 2.24. The van der Waals surface area contributed by atoms with Crippen molar-refractivity contribution in [2.45, 2.75) is 38.2 Å². The second-order valence-electron chi connectivity index (χ2n) is 6.59. The number of hydrogen-bond donors (Lipinski definition) is 1. The highest BCUT2D eigenvalue weighted by Gasteiger charge is 2.43. The largest absolute Gasteiger partial charge is 0.466 e. The SMILES string of the molecule is CCOC(=O)C1CCN(C(=O)CN(C)C(=O)C2CC(F)(F)CN2)CC1.Cl. The number of ether oxygens (including phenoxy) is 1. The summed E-state index contributed by atoms with van der Waals surface area (Å²) in [4.78, 5) is 38.9. The molecule has 0 aromatic heterocycles. The molecule has 1 unspecified atom stereocenters. The highest BCUT2D eigenvalue weighted by molar-refractivity contribution is 5.87. The van der Waals surface area contributed by atoms with Gasteiger partial charge in [0.05, 0.1) is 31.7 Å². The first-order valence-corrected chi connectivity index (χ1v) is 8.54. The van der Waals surface area contributed by atoms with Crippen LogP contribution in [0.2, 0.25) is 0 Å². The van der Waals surface area contributed by atoms with Gasteiger partial charge in [0, 0.05) is 26.6 Å². The van der Waals surface area contributed by atoms with Crippen LogP contribution in [0, 0.1) is 5.92 Å². The van der Waals surface area contributed by atoms with E-state index < -0.39 is 30.8 Å². The van der Waals surface area contributed by atoms with Crippen LogP contribution in [0.15, 0.2) is 0 Å². The summed E-state index contributed by atoms with van der Waals surface area (Å²) in [7, 11) is 1.43. The molecule has 2 saturated heterocycles. The van der Waals surface area contributed by atoms with Crippen molar-refractivity contribution in [3.8, 4) is 0 Å². The smallest absolute Gasteiger partial charge is 0.309 e. The van der Waals surface area contributed by atoms with E-state index >= 15 is 0 Å². The van der Waals surface area contributed by atoms with Crippen LogP contribution in [-0.2, 0) is 19.1 Å². The number of halogens is 3. The van der Waals surface area contributed by atoms with Crippen LogP contribution in [0.1, 0.15) is 26.2 Å². The quantitative estimate of drug-likeness (QED) is 0.690. The first-order chi connectivity index (χ1) is 11.7. The van der Waals surface area contributed by atoms with Crippen LogP contribution in [-0.4, -0.2) is 79.4 Å². The Balaban J connectivity index is 0.00000338. The molecule has 1 atom stereocenters. The molecule has 0 aliphatic carbocycles. The number of piperidine rings is 1. The monoisotopic (exact) mass is 397 g/mol. The highest BCUT2D eigenvalue weighted by Crippen LogP contribution is 2.26. The average molecular weight is 398 g/mol. The molecule has 1 N–H and O–H groups in total. The van der Waals surface area contributed by atoms with Crippen molar-refractivity contribution in [3.63, 3.8) is 0 Å². The van der Waals surface area contributed by atoms with Gasteiger partial charge in [0.25, 0.3) is 5.92 Å². The number of hydrogen-bond acceptors (Lipinski definition) is 5. The van der Waals surface area contributed by atoms with E-state index in [1.807, 2.05) is 0 Å². The normalized spacial score (nSPS) is 22.5. The molecule has 0 radical (unpaired) electrons. The summed E-state index contributed by atoms with van der Waals surface area (Å²) in [6, 6.07) is -0.956. The van der Waals surface area contributed by atoms with E-state index in [0.29, 0.717) is 32.5 Å². The van der Waals surface area contributed by atoms with Crippen LogP contribution < -0.4 is 5.32 Å². The molecule has 2 fully saturated rings. The number of nitrogens with zero attached hydrogens (tertiary/aromatic N) is 2. The van der Waals surface area contributed by atoms with E-state index in [0.717, 1.165) is 0 Å². The Bertz CT molecular complexity index is 528. The molecular weight excluding hydrogens is 372 g/mol. The fourth-order valence-electron chi connectivity index (χ4n) is 3.16. The lowest BCUT2D eigenvalue weighted by atomic mass is 9.97. The Morgan fingerprint density at radius 2 is 1.88 bits per heavy atom. The minimum absolute atomic E-state index is 0. The first kappa shape index (κ1) is 22.6. The van der Waals surface area contributed by atoms with Crippen LogP contribution in [0.5, 0.6) is 0 Å². The maximum atomic E-state index is 13.2. The molecule has 2 amide bonds. The summed E-state index contributed by atoms with van der Waals surface area (Å²) in [6.07, 6.45) is 0.507. The van der Waals surface area contributed by atoms with Crippen LogP contribution in [0.3, 0.4) is 0 Å². The third-order valence-electron chi connectivity index (χ3n) is 4.62. The molecule has 150 valence electrons. The van der Waals surface area contributed by atoms with Crippen LogP contribution >= 0.6 is 12.4 Å². The number of carbonyl (C=O) groups excluding carboxylic acids is 3. The van der Waals surface area contributed by atoms with Gasteiger partial charge in [-0.3, -0.25) is 19.7 Å². The third-order valence-corrected chi connectivity index (χ3v) is 4.62. The van der Waals surface area contributed by atoms with Crippen molar-refractivity contribution >= 4 is 30.2 Å². The molecule has 7 nitrogen and oxygen atoms in total.